The van der Waals surface area contributed by atoms with Gasteiger partial charge in [-0.3, -0.25) is 4.79 Å². The van der Waals surface area contributed by atoms with Crippen molar-refractivity contribution < 1.29 is 4.79 Å². The van der Waals surface area contributed by atoms with E-state index in [1.807, 2.05) is 0 Å². The average Bonchev–Trinajstić information content (AvgIpc) is 2.14. The van der Waals surface area contributed by atoms with E-state index in [2.05, 4.69) is 19.2 Å². The van der Waals surface area contributed by atoms with Crippen LogP contribution in [-0.2, 0) is 4.79 Å². The molecule has 0 aliphatic rings. The number of hydrogen-bond acceptors (Lipinski definition) is 2. The lowest BCUT2D eigenvalue weighted by Crippen LogP contribution is -2.34. The van der Waals surface area contributed by atoms with Crippen molar-refractivity contribution in [2.45, 2.75) is 39.5 Å². The van der Waals surface area contributed by atoms with Crippen molar-refractivity contribution >= 4 is 5.91 Å². The summed E-state index contributed by atoms with van der Waals surface area (Å²) in [4.78, 5) is 11.5. The maximum Gasteiger partial charge on any atom is 0.223 e. The fourth-order valence-corrected chi connectivity index (χ4v) is 1.44. The number of hydrogen-bond donors (Lipinski definition) is 2. The molecule has 0 spiro atoms. The predicted octanol–water partition coefficient (Wildman–Crippen LogP) is 1.28. The molecule has 13 heavy (non-hydrogen) atoms. The van der Waals surface area contributed by atoms with E-state index in [4.69, 9.17) is 5.73 Å². The highest BCUT2D eigenvalue weighted by Crippen LogP contribution is 2.13. The molecule has 0 heterocycles. The van der Waals surface area contributed by atoms with E-state index in [1.54, 1.807) is 0 Å². The topological polar surface area (TPSA) is 55.1 Å². The molecule has 0 saturated heterocycles. The third-order valence-corrected chi connectivity index (χ3v) is 2.09. The number of nitrogens with one attached hydrogen (secondary N) is 1. The monoisotopic (exact) mass is 186 g/mol. The summed E-state index contributed by atoms with van der Waals surface area (Å²) in [6, 6.07) is 0. The number of rotatable bonds is 7. The van der Waals surface area contributed by atoms with Crippen LogP contribution in [0.5, 0.6) is 0 Å². The summed E-state index contributed by atoms with van der Waals surface area (Å²) in [6.45, 7) is 5.34. The van der Waals surface area contributed by atoms with Crippen LogP contribution in [0, 0.1) is 5.92 Å². The van der Waals surface area contributed by atoms with E-state index in [0.717, 1.165) is 25.7 Å². The van der Waals surface area contributed by atoms with Crippen LogP contribution in [0.25, 0.3) is 0 Å². The van der Waals surface area contributed by atoms with Gasteiger partial charge in [0.15, 0.2) is 0 Å². The van der Waals surface area contributed by atoms with Crippen molar-refractivity contribution in [1.82, 2.24) is 5.32 Å². The zero-order chi connectivity index (χ0) is 10.1. The molecule has 0 bridgehead atoms. The molecule has 0 unspecified atom stereocenters. The van der Waals surface area contributed by atoms with Crippen molar-refractivity contribution in [2.24, 2.45) is 11.7 Å². The zero-order valence-electron chi connectivity index (χ0n) is 8.81. The van der Waals surface area contributed by atoms with Crippen LogP contribution in [0.15, 0.2) is 0 Å². The van der Waals surface area contributed by atoms with Gasteiger partial charge in [0.05, 0.1) is 0 Å². The number of carbonyl (C=O) groups excluding carboxylic acids is 1. The Hall–Kier alpha value is -0.570. The van der Waals surface area contributed by atoms with Gasteiger partial charge in [-0.2, -0.15) is 0 Å². The Morgan fingerprint density at radius 2 is 1.85 bits per heavy atom. The first kappa shape index (κ1) is 12.4. The minimum atomic E-state index is 0.175. The molecule has 0 aromatic carbocycles. The normalized spacial score (nSPS) is 10.5. The van der Waals surface area contributed by atoms with E-state index < -0.39 is 0 Å². The highest BCUT2D eigenvalue weighted by Gasteiger charge is 2.15. The van der Waals surface area contributed by atoms with Crippen molar-refractivity contribution in [2.75, 3.05) is 13.1 Å². The molecule has 0 saturated carbocycles. The lowest BCUT2D eigenvalue weighted by atomic mass is 9.97. The van der Waals surface area contributed by atoms with Crippen molar-refractivity contribution in [3.63, 3.8) is 0 Å². The zero-order valence-corrected chi connectivity index (χ0v) is 8.81. The highest BCUT2D eigenvalue weighted by molar-refractivity contribution is 5.78. The Labute approximate surface area is 81.1 Å². The lowest BCUT2D eigenvalue weighted by Gasteiger charge is -2.14. The van der Waals surface area contributed by atoms with Gasteiger partial charge in [-0.25, -0.2) is 0 Å². The van der Waals surface area contributed by atoms with Crippen molar-refractivity contribution in [3.05, 3.63) is 0 Å². The van der Waals surface area contributed by atoms with Crippen molar-refractivity contribution in [3.8, 4) is 0 Å². The van der Waals surface area contributed by atoms with Gasteiger partial charge >= 0.3 is 0 Å². The van der Waals surface area contributed by atoms with Crippen LogP contribution >= 0.6 is 0 Å². The Kier molecular flexibility index (Phi) is 7.69. The molecule has 0 radical (unpaired) electrons. The van der Waals surface area contributed by atoms with Gasteiger partial charge in [0.25, 0.3) is 0 Å². The SMILES string of the molecule is CCCC(CCC)C(=O)NCCN. The Balaban J connectivity index is 3.80. The molecule has 3 N–H and O–H groups in total. The van der Waals surface area contributed by atoms with Gasteiger partial charge in [0, 0.05) is 19.0 Å². The fourth-order valence-electron chi connectivity index (χ4n) is 1.44. The van der Waals surface area contributed by atoms with Crippen LogP contribution in [-0.4, -0.2) is 19.0 Å². The van der Waals surface area contributed by atoms with E-state index in [0.29, 0.717) is 13.1 Å². The summed E-state index contributed by atoms with van der Waals surface area (Å²) in [5.41, 5.74) is 5.31. The summed E-state index contributed by atoms with van der Waals surface area (Å²) < 4.78 is 0. The number of amides is 1. The average molecular weight is 186 g/mol. The summed E-state index contributed by atoms with van der Waals surface area (Å²) in [7, 11) is 0. The van der Waals surface area contributed by atoms with Crippen LogP contribution in [0.2, 0.25) is 0 Å². The summed E-state index contributed by atoms with van der Waals surface area (Å²) >= 11 is 0. The Morgan fingerprint density at radius 1 is 1.31 bits per heavy atom. The quantitative estimate of drug-likeness (QED) is 0.629. The first-order valence-corrected chi connectivity index (χ1v) is 5.24. The van der Waals surface area contributed by atoms with E-state index in [-0.39, 0.29) is 11.8 Å². The first-order valence-electron chi connectivity index (χ1n) is 5.24. The molecule has 3 nitrogen and oxygen atoms in total. The third kappa shape index (κ3) is 5.64. The largest absolute Gasteiger partial charge is 0.355 e. The summed E-state index contributed by atoms with van der Waals surface area (Å²) in [5.74, 6) is 0.371. The molecule has 0 aromatic rings. The molecule has 0 rings (SSSR count). The molecule has 78 valence electrons. The van der Waals surface area contributed by atoms with Crippen LogP contribution in [0.1, 0.15) is 39.5 Å². The Morgan fingerprint density at radius 3 is 2.23 bits per heavy atom. The minimum Gasteiger partial charge on any atom is -0.355 e. The van der Waals surface area contributed by atoms with Crippen LogP contribution in [0.3, 0.4) is 0 Å². The van der Waals surface area contributed by atoms with E-state index in [1.165, 1.54) is 0 Å². The fraction of sp³-hybridized carbons (Fsp3) is 0.900. The second-order valence-electron chi connectivity index (χ2n) is 3.35. The van der Waals surface area contributed by atoms with Gasteiger partial charge in [-0.1, -0.05) is 26.7 Å². The van der Waals surface area contributed by atoms with Gasteiger partial charge < -0.3 is 11.1 Å². The molecule has 3 heteroatoms. The third-order valence-electron chi connectivity index (χ3n) is 2.09. The highest BCUT2D eigenvalue weighted by atomic mass is 16.1. The van der Waals surface area contributed by atoms with E-state index in [9.17, 15) is 4.79 Å². The molecule has 0 aliphatic carbocycles. The smallest absolute Gasteiger partial charge is 0.223 e. The van der Waals surface area contributed by atoms with Crippen molar-refractivity contribution in [1.29, 1.82) is 0 Å². The predicted molar refractivity (Wildman–Crippen MR) is 55.4 cm³/mol. The molecule has 0 aliphatic heterocycles. The molecule has 0 aromatic heterocycles. The molecule has 1 amide bonds. The first-order chi connectivity index (χ1) is 6.26. The molecule has 0 atom stereocenters. The van der Waals surface area contributed by atoms with Gasteiger partial charge in [-0.15, -0.1) is 0 Å². The lowest BCUT2D eigenvalue weighted by molar-refractivity contribution is -0.125. The van der Waals surface area contributed by atoms with Gasteiger partial charge in [0.2, 0.25) is 5.91 Å². The maximum absolute atomic E-state index is 11.5. The summed E-state index contributed by atoms with van der Waals surface area (Å²) in [5, 5.41) is 2.84. The second-order valence-corrected chi connectivity index (χ2v) is 3.35. The number of carbonyl (C=O) groups is 1. The van der Waals surface area contributed by atoms with Crippen LogP contribution in [0.4, 0.5) is 0 Å². The number of nitrogens with two attached hydrogens (primary N) is 1. The van der Waals surface area contributed by atoms with Gasteiger partial charge in [0.1, 0.15) is 0 Å². The van der Waals surface area contributed by atoms with E-state index >= 15 is 0 Å². The second kappa shape index (κ2) is 8.05. The van der Waals surface area contributed by atoms with Crippen LogP contribution < -0.4 is 11.1 Å². The minimum absolute atomic E-state index is 0.175. The van der Waals surface area contributed by atoms with Gasteiger partial charge in [-0.05, 0) is 12.8 Å². The molecule has 0 fully saturated rings. The standard InChI is InChI=1S/C10H22N2O/c1-3-5-9(6-4-2)10(13)12-8-7-11/h9H,3-8,11H2,1-2H3,(H,12,13). The molecular formula is C10H22N2O. The maximum atomic E-state index is 11.5. The Bertz CT molecular complexity index is 131. The summed E-state index contributed by atoms with van der Waals surface area (Å²) in [6.07, 6.45) is 4.12. The molecular weight excluding hydrogens is 164 g/mol.